The fourth-order valence-electron chi connectivity index (χ4n) is 3.11. The van der Waals surface area contributed by atoms with Crippen molar-refractivity contribution >= 4 is 38.9 Å². The third kappa shape index (κ3) is 5.55. The molecule has 0 bridgehead atoms. The van der Waals surface area contributed by atoms with Gasteiger partial charge in [-0.25, -0.2) is 12.8 Å². The molecule has 0 saturated carbocycles. The zero-order valence-electron chi connectivity index (χ0n) is 18.1. The van der Waals surface area contributed by atoms with Crippen molar-refractivity contribution in [1.29, 1.82) is 0 Å². The van der Waals surface area contributed by atoms with E-state index in [1.165, 1.54) is 38.5 Å². The number of anilines is 2. The monoisotopic (exact) mass is 492 g/mol. The predicted octanol–water partition coefficient (Wildman–Crippen LogP) is 4.64. The second-order valence-electron chi connectivity index (χ2n) is 7.04. The fourth-order valence-corrected chi connectivity index (χ4v) is 4.72. The molecule has 0 aliphatic rings. The van der Waals surface area contributed by atoms with E-state index in [9.17, 15) is 17.6 Å². The molecule has 0 aromatic heterocycles. The Hall–Kier alpha value is -3.30. The minimum absolute atomic E-state index is 0.0237. The quantitative estimate of drug-likeness (QED) is 0.495. The zero-order chi connectivity index (χ0) is 24.2. The largest absolute Gasteiger partial charge is 0.493 e. The normalized spacial score (nSPS) is 11.1. The lowest BCUT2D eigenvalue weighted by atomic mass is 10.2. The van der Waals surface area contributed by atoms with Crippen LogP contribution in [0.5, 0.6) is 11.5 Å². The van der Waals surface area contributed by atoms with E-state index in [0.29, 0.717) is 11.4 Å². The van der Waals surface area contributed by atoms with Crippen LogP contribution in [0, 0.1) is 12.7 Å². The molecule has 7 nitrogen and oxygen atoms in total. The van der Waals surface area contributed by atoms with Gasteiger partial charge in [0.15, 0.2) is 11.5 Å². The third-order valence-corrected chi connectivity index (χ3v) is 6.78. The first kappa shape index (κ1) is 24.3. The van der Waals surface area contributed by atoms with Gasteiger partial charge in [0.1, 0.15) is 12.4 Å². The minimum Gasteiger partial charge on any atom is -0.493 e. The molecule has 0 radical (unpaired) electrons. The highest BCUT2D eigenvalue weighted by Crippen LogP contribution is 2.33. The predicted molar refractivity (Wildman–Crippen MR) is 125 cm³/mol. The van der Waals surface area contributed by atoms with E-state index in [0.717, 1.165) is 22.0 Å². The highest BCUT2D eigenvalue weighted by molar-refractivity contribution is 7.92. The van der Waals surface area contributed by atoms with Gasteiger partial charge in [-0.3, -0.25) is 9.10 Å². The number of carbonyl (C=O) groups excluding carboxylic acids is 1. The van der Waals surface area contributed by atoms with Crippen LogP contribution in [0.2, 0.25) is 5.02 Å². The summed E-state index contributed by atoms with van der Waals surface area (Å²) in [6, 6.07) is 14.5. The maximum absolute atomic E-state index is 13.7. The molecule has 0 spiro atoms. The number of hydrogen-bond acceptors (Lipinski definition) is 5. The van der Waals surface area contributed by atoms with Crippen molar-refractivity contribution in [1.82, 2.24) is 0 Å². The molecule has 0 saturated heterocycles. The Morgan fingerprint density at radius 3 is 2.39 bits per heavy atom. The maximum Gasteiger partial charge on any atom is 0.264 e. The van der Waals surface area contributed by atoms with E-state index in [4.69, 9.17) is 21.1 Å². The lowest BCUT2D eigenvalue weighted by molar-refractivity contribution is -0.114. The van der Waals surface area contributed by atoms with Gasteiger partial charge in [0, 0.05) is 11.8 Å². The summed E-state index contributed by atoms with van der Waals surface area (Å²) in [5.74, 6) is -0.775. The second kappa shape index (κ2) is 10.1. The molecular formula is C23H22ClFN2O5S. The number of methoxy groups -OCH3 is 2. The number of rotatable bonds is 8. The Labute approximate surface area is 196 Å². The summed E-state index contributed by atoms with van der Waals surface area (Å²) in [4.78, 5) is 12.6. The number of carbonyl (C=O) groups is 1. The van der Waals surface area contributed by atoms with Gasteiger partial charge in [0.05, 0.1) is 29.8 Å². The topological polar surface area (TPSA) is 84.9 Å². The van der Waals surface area contributed by atoms with E-state index in [1.807, 2.05) is 13.0 Å². The highest BCUT2D eigenvalue weighted by Gasteiger charge is 2.29. The number of ether oxygens (including phenoxy) is 2. The summed E-state index contributed by atoms with van der Waals surface area (Å²) < 4.78 is 52.1. The van der Waals surface area contributed by atoms with Gasteiger partial charge in [-0.1, -0.05) is 23.7 Å². The SMILES string of the molecule is COc1ccc(S(=O)(=O)N(CC(=O)Nc2cccc(C)c2)c2ccc(F)c(Cl)c2)cc1OC. The molecule has 0 unspecified atom stereocenters. The number of nitrogens with one attached hydrogen (secondary N) is 1. The summed E-state index contributed by atoms with van der Waals surface area (Å²) in [5.41, 5.74) is 1.46. The summed E-state index contributed by atoms with van der Waals surface area (Å²) >= 11 is 5.89. The van der Waals surface area contributed by atoms with Gasteiger partial charge in [-0.2, -0.15) is 0 Å². The van der Waals surface area contributed by atoms with Crippen LogP contribution in [0.15, 0.2) is 65.6 Å². The van der Waals surface area contributed by atoms with Crippen LogP contribution in [0.25, 0.3) is 0 Å². The van der Waals surface area contributed by atoms with Gasteiger partial charge in [0.2, 0.25) is 5.91 Å². The van der Waals surface area contributed by atoms with E-state index in [1.54, 1.807) is 18.2 Å². The Kier molecular flexibility index (Phi) is 7.45. The molecule has 0 aliphatic heterocycles. The average molecular weight is 493 g/mol. The molecule has 0 aliphatic carbocycles. The smallest absolute Gasteiger partial charge is 0.264 e. The van der Waals surface area contributed by atoms with Crippen LogP contribution >= 0.6 is 11.6 Å². The van der Waals surface area contributed by atoms with Crippen molar-refractivity contribution in [2.75, 3.05) is 30.4 Å². The first-order valence-corrected chi connectivity index (χ1v) is 11.5. The van der Waals surface area contributed by atoms with Gasteiger partial charge in [-0.05, 0) is 55.0 Å². The lowest BCUT2D eigenvalue weighted by Crippen LogP contribution is -2.38. The molecule has 3 rings (SSSR count). The second-order valence-corrected chi connectivity index (χ2v) is 9.31. The molecule has 10 heteroatoms. The molecule has 0 atom stereocenters. The van der Waals surface area contributed by atoms with Crippen molar-refractivity contribution in [2.24, 2.45) is 0 Å². The summed E-state index contributed by atoms with van der Waals surface area (Å²) in [6.45, 7) is 1.29. The van der Waals surface area contributed by atoms with Crippen molar-refractivity contribution in [2.45, 2.75) is 11.8 Å². The number of aryl methyl sites for hydroxylation is 1. The third-order valence-electron chi connectivity index (χ3n) is 4.72. The van der Waals surface area contributed by atoms with Gasteiger partial charge in [0.25, 0.3) is 10.0 Å². The Balaban J connectivity index is 2.02. The minimum atomic E-state index is -4.28. The van der Waals surface area contributed by atoms with Crippen molar-refractivity contribution in [3.05, 3.63) is 77.1 Å². The molecule has 0 heterocycles. The van der Waals surface area contributed by atoms with E-state index in [-0.39, 0.29) is 21.4 Å². The van der Waals surface area contributed by atoms with Crippen molar-refractivity contribution in [3.63, 3.8) is 0 Å². The number of sulfonamides is 1. The summed E-state index contributed by atoms with van der Waals surface area (Å²) in [5, 5.41) is 2.40. The van der Waals surface area contributed by atoms with Crippen molar-refractivity contribution in [3.8, 4) is 11.5 Å². The van der Waals surface area contributed by atoms with Gasteiger partial charge in [-0.15, -0.1) is 0 Å². The number of hydrogen-bond donors (Lipinski definition) is 1. The number of benzene rings is 3. The number of nitrogens with zero attached hydrogens (tertiary/aromatic N) is 1. The summed E-state index contributed by atoms with van der Waals surface area (Å²) in [7, 11) is -1.48. The Bertz CT molecular complexity index is 1280. The molecule has 0 fully saturated rings. The molecule has 1 amide bonds. The van der Waals surface area contributed by atoms with Gasteiger partial charge < -0.3 is 14.8 Å². The molecule has 1 N–H and O–H groups in total. The lowest BCUT2D eigenvalue weighted by Gasteiger charge is -2.25. The maximum atomic E-state index is 13.7. The van der Waals surface area contributed by atoms with Crippen LogP contribution < -0.4 is 19.1 Å². The number of halogens is 2. The summed E-state index contributed by atoms with van der Waals surface area (Å²) in [6.07, 6.45) is 0. The van der Waals surface area contributed by atoms with Crippen LogP contribution in [-0.4, -0.2) is 35.1 Å². The average Bonchev–Trinajstić information content (AvgIpc) is 2.78. The molecule has 3 aromatic rings. The first-order chi connectivity index (χ1) is 15.6. The molecule has 33 heavy (non-hydrogen) atoms. The Morgan fingerprint density at radius 1 is 1.03 bits per heavy atom. The molecule has 3 aromatic carbocycles. The van der Waals surface area contributed by atoms with Crippen LogP contribution in [0.3, 0.4) is 0 Å². The zero-order valence-corrected chi connectivity index (χ0v) is 19.7. The van der Waals surface area contributed by atoms with E-state index >= 15 is 0 Å². The number of amides is 1. The van der Waals surface area contributed by atoms with Crippen LogP contribution in [0.4, 0.5) is 15.8 Å². The van der Waals surface area contributed by atoms with E-state index < -0.39 is 28.3 Å². The van der Waals surface area contributed by atoms with Crippen LogP contribution in [-0.2, 0) is 14.8 Å². The van der Waals surface area contributed by atoms with Gasteiger partial charge >= 0.3 is 0 Å². The van der Waals surface area contributed by atoms with Crippen LogP contribution in [0.1, 0.15) is 5.56 Å². The van der Waals surface area contributed by atoms with E-state index in [2.05, 4.69) is 5.32 Å². The first-order valence-electron chi connectivity index (χ1n) is 9.72. The Morgan fingerprint density at radius 2 is 1.76 bits per heavy atom. The fraction of sp³-hybridized carbons (Fsp3) is 0.174. The van der Waals surface area contributed by atoms with Crippen molar-refractivity contribution < 1.29 is 27.1 Å². The standard InChI is InChI=1S/C23H22ClFN2O5S/c1-15-5-4-6-16(11-15)26-23(28)14-27(17-7-9-20(25)19(24)12-17)33(29,30)18-8-10-21(31-2)22(13-18)32-3/h4-13H,14H2,1-3H3,(H,26,28). The molecule has 174 valence electrons. The highest BCUT2D eigenvalue weighted by atomic mass is 35.5. The molecular weight excluding hydrogens is 471 g/mol.